The van der Waals surface area contributed by atoms with Crippen molar-refractivity contribution in [2.45, 2.75) is 112 Å². The molecule has 4 aliphatic carbocycles. The van der Waals surface area contributed by atoms with E-state index in [1.165, 1.54) is 32.8 Å². The molecule has 0 aromatic carbocycles. The second-order valence-electron chi connectivity index (χ2n) is 15.0. The molecule has 37 heavy (non-hydrogen) atoms. The minimum absolute atomic E-state index is 0.0750. The Balaban J connectivity index is 1.35. The molecule has 1 heterocycles. The molecule has 5 nitrogen and oxygen atoms in total. The Morgan fingerprint density at radius 2 is 1.84 bits per heavy atom. The number of carbonyl (C=O) groups excluding carboxylic acids is 2. The summed E-state index contributed by atoms with van der Waals surface area (Å²) in [5, 5.41) is 8.72. The lowest BCUT2D eigenvalue weighted by Crippen LogP contribution is -2.57. The first kappa shape index (κ1) is 27.1. The van der Waals surface area contributed by atoms with Gasteiger partial charge in [0.2, 0.25) is 0 Å². The number of hydrogen-bond acceptors (Lipinski definition) is 5. The second-order valence-corrected chi connectivity index (χ2v) is 15.0. The number of ether oxygens (including phenoxy) is 1. The van der Waals surface area contributed by atoms with Crippen LogP contribution in [0.1, 0.15) is 106 Å². The lowest BCUT2D eigenvalue weighted by molar-refractivity contribution is -0.151. The number of fused-ring (bicyclic) bond motifs is 5. The number of nitrogens with zero attached hydrogens (tertiary/aromatic N) is 2. The van der Waals surface area contributed by atoms with Gasteiger partial charge in [-0.2, -0.15) is 10.2 Å². The molecule has 1 aliphatic heterocycles. The summed E-state index contributed by atoms with van der Waals surface area (Å²) in [6.45, 7) is 17.0. The van der Waals surface area contributed by atoms with Crippen molar-refractivity contribution in [1.29, 1.82) is 0 Å². The Bertz CT molecular complexity index is 1030. The molecule has 0 aromatic heterocycles. The van der Waals surface area contributed by atoms with Crippen molar-refractivity contribution in [3.63, 3.8) is 0 Å². The molecule has 9 atom stereocenters. The number of esters is 1. The molecular formula is C32H50N2O3. The summed E-state index contributed by atoms with van der Waals surface area (Å²) in [7, 11) is 1.47. The minimum atomic E-state index is -0.616. The van der Waals surface area contributed by atoms with E-state index >= 15 is 0 Å². The number of allylic oxidation sites excluding steroid dienone is 2. The Labute approximate surface area is 224 Å². The van der Waals surface area contributed by atoms with Crippen molar-refractivity contribution < 1.29 is 14.3 Å². The van der Waals surface area contributed by atoms with Gasteiger partial charge >= 0.3 is 5.97 Å². The smallest absolute Gasteiger partial charge is 0.315 e. The molecule has 0 bridgehead atoms. The Morgan fingerprint density at radius 3 is 2.54 bits per heavy atom. The van der Waals surface area contributed by atoms with Gasteiger partial charge in [-0.05, 0) is 98.2 Å². The molecule has 0 unspecified atom stereocenters. The molecule has 0 radical (unpaired) electrons. The molecular weight excluding hydrogens is 460 g/mol. The summed E-state index contributed by atoms with van der Waals surface area (Å²) < 4.78 is 5.10. The molecule has 5 aliphatic rings. The van der Waals surface area contributed by atoms with E-state index in [1.54, 1.807) is 5.57 Å². The maximum Gasteiger partial charge on any atom is 0.315 e. The van der Waals surface area contributed by atoms with Gasteiger partial charge in [0.1, 0.15) is 11.2 Å². The zero-order valence-electron chi connectivity index (χ0n) is 24.7. The maximum atomic E-state index is 12.9. The summed E-state index contributed by atoms with van der Waals surface area (Å²) in [6, 6.07) is -0.0750. The molecule has 0 N–H and O–H groups in total. The molecule has 5 heteroatoms. The van der Waals surface area contributed by atoms with E-state index in [4.69, 9.17) is 4.74 Å². The minimum Gasteiger partial charge on any atom is -0.468 e. The first-order valence-electron chi connectivity index (χ1n) is 14.9. The van der Waals surface area contributed by atoms with Crippen molar-refractivity contribution in [2.75, 3.05) is 13.7 Å². The van der Waals surface area contributed by atoms with E-state index in [0.717, 1.165) is 32.1 Å². The first-order chi connectivity index (χ1) is 17.3. The van der Waals surface area contributed by atoms with Crippen molar-refractivity contribution >= 4 is 11.8 Å². The van der Waals surface area contributed by atoms with Crippen LogP contribution in [0.25, 0.3) is 0 Å². The predicted molar refractivity (Wildman–Crippen MR) is 146 cm³/mol. The van der Waals surface area contributed by atoms with Crippen LogP contribution in [0.3, 0.4) is 0 Å². The Hall–Kier alpha value is -1.52. The zero-order chi connectivity index (χ0) is 27.0. The quantitative estimate of drug-likeness (QED) is 0.283. The van der Waals surface area contributed by atoms with Crippen LogP contribution in [0.4, 0.5) is 0 Å². The van der Waals surface area contributed by atoms with Gasteiger partial charge < -0.3 is 4.74 Å². The van der Waals surface area contributed by atoms with E-state index in [2.05, 4.69) is 57.8 Å². The molecule has 0 amide bonds. The van der Waals surface area contributed by atoms with Crippen LogP contribution >= 0.6 is 0 Å². The van der Waals surface area contributed by atoms with Crippen molar-refractivity contribution in [2.24, 2.45) is 61.0 Å². The van der Waals surface area contributed by atoms with Crippen molar-refractivity contribution in [3.8, 4) is 0 Å². The largest absolute Gasteiger partial charge is 0.468 e. The third kappa shape index (κ3) is 3.60. The fourth-order valence-electron chi connectivity index (χ4n) is 10.4. The van der Waals surface area contributed by atoms with E-state index in [0.29, 0.717) is 41.4 Å². The fraction of sp³-hybridized carbons (Fsp3) is 0.875. The molecule has 206 valence electrons. The van der Waals surface area contributed by atoms with Gasteiger partial charge in [-0.3, -0.25) is 9.59 Å². The van der Waals surface area contributed by atoms with Crippen LogP contribution in [0, 0.1) is 50.7 Å². The number of azo groups is 1. The summed E-state index contributed by atoms with van der Waals surface area (Å²) in [4.78, 5) is 25.4. The molecule has 3 fully saturated rings. The Kier molecular flexibility index (Phi) is 6.40. The van der Waals surface area contributed by atoms with Crippen LogP contribution in [-0.4, -0.2) is 31.4 Å². The highest BCUT2D eigenvalue weighted by molar-refractivity contribution is 5.85. The monoisotopic (exact) mass is 510 g/mol. The van der Waals surface area contributed by atoms with E-state index in [1.807, 2.05) is 6.92 Å². The van der Waals surface area contributed by atoms with Gasteiger partial charge in [0.15, 0.2) is 0 Å². The first-order valence-corrected chi connectivity index (χ1v) is 14.9. The fourth-order valence-corrected chi connectivity index (χ4v) is 10.4. The van der Waals surface area contributed by atoms with Crippen molar-refractivity contribution in [3.05, 3.63) is 11.6 Å². The van der Waals surface area contributed by atoms with Gasteiger partial charge in [-0.15, -0.1) is 0 Å². The summed E-state index contributed by atoms with van der Waals surface area (Å²) >= 11 is 0. The summed E-state index contributed by atoms with van der Waals surface area (Å²) in [6.07, 6.45) is 12.5. The van der Waals surface area contributed by atoms with Crippen LogP contribution in [0.2, 0.25) is 0 Å². The van der Waals surface area contributed by atoms with Crippen LogP contribution in [0.5, 0.6) is 0 Å². The zero-order valence-corrected chi connectivity index (χ0v) is 24.7. The van der Waals surface area contributed by atoms with Gasteiger partial charge in [0.25, 0.3) is 0 Å². The van der Waals surface area contributed by atoms with E-state index < -0.39 is 5.41 Å². The Morgan fingerprint density at radius 1 is 1.11 bits per heavy atom. The number of hydrogen-bond donors (Lipinski definition) is 0. The van der Waals surface area contributed by atoms with Gasteiger partial charge in [0.05, 0.1) is 19.7 Å². The summed E-state index contributed by atoms with van der Waals surface area (Å²) in [5.41, 5.74) is 1.68. The normalized spacial score (nSPS) is 47.0. The van der Waals surface area contributed by atoms with Crippen LogP contribution in [-0.2, 0) is 14.3 Å². The number of methoxy groups -OCH3 is 1. The SMILES string of the molecule is COC(=O)[C@@]1(C)CN=N[C@H]1CC[C@H](C)[C@@H]1CC[C@@]2(C)C3=CC[C@H]4C(C)(C)C(=O)CC[C@]4(C)[C@@H]3CC[C@]12C. The van der Waals surface area contributed by atoms with Gasteiger partial charge in [0, 0.05) is 11.8 Å². The molecule has 3 saturated carbocycles. The third-order valence-electron chi connectivity index (χ3n) is 13.2. The van der Waals surface area contributed by atoms with E-state index in [9.17, 15) is 9.59 Å². The predicted octanol–water partition coefficient (Wildman–Crippen LogP) is 7.59. The number of carbonyl (C=O) groups is 2. The summed E-state index contributed by atoms with van der Waals surface area (Å²) in [5.74, 6) is 2.63. The molecule has 5 rings (SSSR count). The molecule has 0 saturated heterocycles. The highest BCUT2D eigenvalue weighted by Crippen LogP contribution is 2.73. The van der Waals surface area contributed by atoms with Crippen LogP contribution in [0.15, 0.2) is 21.9 Å². The highest BCUT2D eigenvalue weighted by atomic mass is 16.5. The van der Waals surface area contributed by atoms with Crippen LogP contribution < -0.4 is 0 Å². The third-order valence-corrected chi connectivity index (χ3v) is 13.2. The standard InChI is InChI=1S/C32H50N2O3/c1-20(9-12-25-30(5,19-33-34-25)27(36)37-8)21-13-17-32(7)23-10-11-24-28(2,3)26(35)15-16-29(24,4)22(23)14-18-31(21,32)6/h10,20-22,24-25H,9,11-19H2,1-8H3/t20-,21-,22+,24-,25-,29+,30-,31+,32-/m0/s1. The average molecular weight is 511 g/mol. The lowest BCUT2D eigenvalue weighted by Gasteiger charge is -2.63. The lowest BCUT2D eigenvalue weighted by atomic mass is 9.41. The number of Topliss-reactive ketones (excluding diaryl/α,β-unsaturated/α-hetero) is 1. The van der Waals surface area contributed by atoms with Gasteiger partial charge in [-0.1, -0.05) is 53.2 Å². The molecule has 0 spiro atoms. The highest BCUT2D eigenvalue weighted by Gasteiger charge is 2.65. The van der Waals surface area contributed by atoms with Gasteiger partial charge in [-0.25, -0.2) is 0 Å². The number of ketones is 1. The van der Waals surface area contributed by atoms with E-state index in [-0.39, 0.29) is 28.3 Å². The average Bonchev–Trinajstić information content (AvgIpc) is 3.37. The molecule has 0 aromatic rings. The number of rotatable bonds is 5. The maximum absolute atomic E-state index is 12.9. The topological polar surface area (TPSA) is 68.1 Å². The second kappa shape index (κ2) is 8.74. The van der Waals surface area contributed by atoms with Crippen molar-refractivity contribution in [1.82, 2.24) is 0 Å².